The van der Waals surface area contributed by atoms with Crippen LogP contribution in [0.3, 0.4) is 0 Å². The zero-order chi connectivity index (χ0) is 20.9. The van der Waals surface area contributed by atoms with Gasteiger partial charge in [0.15, 0.2) is 0 Å². The van der Waals surface area contributed by atoms with Gasteiger partial charge in [-0.25, -0.2) is 9.78 Å². The molecular formula is C24H23N3O3. The minimum Gasteiger partial charge on any atom is -0.491 e. The molecule has 1 heterocycles. The number of imidazole rings is 1. The van der Waals surface area contributed by atoms with Crippen LogP contribution >= 0.6 is 0 Å². The number of benzene rings is 3. The third kappa shape index (κ3) is 4.43. The van der Waals surface area contributed by atoms with Gasteiger partial charge in [-0.3, -0.25) is 9.88 Å². The Morgan fingerprint density at radius 3 is 2.53 bits per heavy atom. The van der Waals surface area contributed by atoms with E-state index in [1.54, 1.807) is 18.5 Å². The van der Waals surface area contributed by atoms with Crippen molar-refractivity contribution in [3.8, 4) is 17.2 Å². The van der Waals surface area contributed by atoms with E-state index < -0.39 is 6.09 Å². The Hall–Kier alpha value is -3.80. The lowest BCUT2D eigenvalue weighted by Gasteiger charge is -2.12. The fourth-order valence-electron chi connectivity index (χ4n) is 3.03. The lowest BCUT2D eigenvalue weighted by molar-refractivity contribution is 0.215. The second-order valence-corrected chi connectivity index (χ2v) is 6.98. The Kier molecular flexibility index (Phi) is 5.66. The van der Waals surface area contributed by atoms with Crippen LogP contribution in [0.15, 0.2) is 79.1 Å². The van der Waals surface area contributed by atoms with Gasteiger partial charge in [-0.1, -0.05) is 25.1 Å². The molecule has 1 aromatic heterocycles. The second kappa shape index (κ2) is 8.69. The summed E-state index contributed by atoms with van der Waals surface area (Å²) in [6.45, 7) is 4.14. The number of aromatic nitrogens is 2. The van der Waals surface area contributed by atoms with Crippen LogP contribution < -0.4 is 14.8 Å². The maximum absolute atomic E-state index is 12.0. The smallest absolute Gasteiger partial charge is 0.417 e. The molecule has 0 saturated carbocycles. The molecule has 30 heavy (non-hydrogen) atoms. The van der Waals surface area contributed by atoms with Crippen LogP contribution in [0.1, 0.15) is 20.3 Å². The van der Waals surface area contributed by atoms with E-state index >= 15 is 0 Å². The van der Waals surface area contributed by atoms with Crippen molar-refractivity contribution in [2.75, 3.05) is 5.32 Å². The summed E-state index contributed by atoms with van der Waals surface area (Å²) >= 11 is 0. The molecule has 0 saturated heterocycles. The predicted molar refractivity (Wildman–Crippen MR) is 118 cm³/mol. The predicted octanol–water partition coefficient (Wildman–Crippen LogP) is 5.81. The van der Waals surface area contributed by atoms with Crippen LogP contribution in [0.4, 0.5) is 10.5 Å². The molecule has 1 unspecified atom stereocenters. The molecule has 4 aromatic rings. The van der Waals surface area contributed by atoms with Gasteiger partial charge in [0.05, 0.1) is 17.1 Å². The highest BCUT2D eigenvalue weighted by molar-refractivity contribution is 5.86. The number of carbonyl (C=O) groups is 1. The third-order valence-corrected chi connectivity index (χ3v) is 4.78. The summed E-state index contributed by atoms with van der Waals surface area (Å²) in [6, 6.07) is 22.4. The zero-order valence-corrected chi connectivity index (χ0v) is 16.9. The molecule has 152 valence electrons. The van der Waals surface area contributed by atoms with Gasteiger partial charge < -0.3 is 9.47 Å². The zero-order valence-electron chi connectivity index (χ0n) is 16.9. The summed E-state index contributed by atoms with van der Waals surface area (Å²) < 4.78 is 13.1. The summed E-state index contributed by atoms with van der Waals surface area (Å²) in [5.74, 6) is 1.31. The first kappa shape index (κ1) is 19.5. The Morgan fingerprint density at radius 1 is 1.03 bits per heavy atom. The van der Waals surface area contributed by atoms with Gasteiger partial charge in [-0.05, 0) is 61.9 Å². The number of ether oxygens (including phenoxy) is 2. The molecule has 3 aromatic carbocycles. The number of rotatable bonds is 6. The van der Waals surface area contributed by atoms with Crippen molar-refractivity contribution in [2.45, 2.75) is 26.4 Å². The van der Waals surface area contributed by atoms with Crippen LogP contribution in [0.25, 0.3) is 16.7 Å². The third-order valence-electron chi connectivity index (χ3n) is 4.78. The molecule has 0 aliphatic carbocycles. The number of anilines is 1. The summed E-state index contributed by atoms with van der Waals surface area (Å²) in [6.07, 6.45) is 2.37. The number of para-hydroxylation sites is 1. The Bertz CT molecular complexity index is 1140. The van der Waals surface area contributed by atoms with Crippen molar-refractivity contribution in [3.63, 3.8) is 0 Å². The van der Waals surface area contributed by atoms with Gasteiger partial charge in [0.1, 0.15) is 17.8 Å². The highest BCUT2D eigenvalue weighted by atomic mass is 16.6. The van der Waals surface area contributed by atoms with Crippen LogP contribution in [-0.2, 0) is 0 Å². The molecule has 1 amide bonds. The lowest BCUT2D eigenvalue weighted by atomic mass is 10.2. The standard InChI is InChI=1S/C24H23N3O3/c1-3-17(2)29-21-13-14-23-22(15-21)25-16-27(23)19-11-9-18(10-12-19)26-24(28)30-20-7-5-4-6-8-20/h4-17H,3H2,1-2H3,(H,26,28). The van der Waals surface area contributed by atoms with E-state index in [4.69, 9.17) is 9.47 Å². The largest absolute Gasteiger partial charge is 0.491 e. The summed E-state index contributed by atoms with van der Waals surface area (Å²) in [5, 5.41) is 2.73. The normalized spacial score (nSPS) is 11.8. The molecule has 6 nitrogen and oxygen atoms in total. The number of hydrogen-bond acceptors (Lipinski definition) is 4. The van der Waals surface area contributed by atoms with Crippen molar-refractivity contribution >= 4 is 22.8 Å². The number of carbonyl (C=O) groups excluding carboxylic acids is 1. The van der Waals surface area contributed by atoms with Gasteiger partial charge in [0.2, 0.25) is 0 Å². The molecule has 0 spiro atoms. The van der Waals surface area contributed by atoms with Crippen LogP contribution in [0.5, 0.6) is 11.5 Å². The van der Waals surface area contributed by atoms with Gasteiger partial charge in [0, 0.05) is 17.4 Å². The second-order valence-electron chi connectivity index (χ2n) is 6.98. The number of amides is 1. The Morgan fingerprint density at radius 2 is 1.80 bits per heavy atom. The minimum atomic E-state index is -0.532. The Balaban J connectivity index is 1.47. The highest BCUT2D eigenvalue weighted by Gasteiger charge is 2.09. The van der Waals surface area contributed by atoms with E-state index in [9.17, 15) is 4.79 Å². The summed E-state index contributed by atoms with van der Waals surface area (Å²) in [5.41, 5.74) is 3.43. The lowest BCUT2D eigenvalue weighted by Crippen LogP contribution is -2.16. The van der Waals surface area contributed by atoms with E-state index in [0.29, 0.717) is 11.4 Å². The van der Waals surface area contributed by atoms with E-state index in [2.05, 4.69) is 17.2 Å². The molecule has 0 aliphatic rings. The number of nitrogens with one attached hydrogen (secondary N) is 1. The molecule has 1 N–H and O–H groups in total. The molecule has 0 fully saturated rings. The van der Waals surface area contributed by atoms with Crippen molar-refractivity contribution in [3.05, 3.63) is 79.1 Å². The average Bonchev–Trinajstić information content (AvgIpc) is 3.18. The number of fused-ring (bicyclic) bond motifs is 1. The van der Waals surface area contributed by atoms with Crippen molar-refractivity contribution < 1.29 is 14.3 Å². The summed E-state index contributed by atoms with van der Waals surface area (Å²) in [4.78, 5) is 16.5. The molecule has 4 rings (SSSR count). The van der Waals surface area contributed by atoms with E-state index in [-0.39, 0.29) is 6.10 Å². The first-order valence-electron chi connectivity index (χ1n) is 9.90. The first-order valence-corrected chi connectivity index (χ1v) is 9.90. The fourth-order valence-corrected chi connectivity index (χ4v) is 3.03. The highest BCUT2D eigenvalue weighted by Crippen LogP contribution is 2.24. The molecule has 6 heteroatoms. The van der Waals surface area contributed by atoms with Gasteiger partial charge in [0.25, 0.3) is 0 Å². The fraction of sp³-hybridized carbons (Fsp3) is 0.167. The topological polar surface area (TPSA) is 65.4 Å². The van der Waals surface area contributed by atoms with Crippen LogP contribution in [0.2, 0.25) is 0 Å². The first-order chi connectivity index (χ1) is 14.6. The SMILES string of the molecule is CCC(C)Oc1ccc2c(c1)ncn2-c1ccc(NC(=O)Oc2ccccc2)cc1. The molecule has 0 aliphatic heterocycles. The van der Waals surface area contributed by atoms with Crippen molar-refractivity contribution in [1.82, 2.24) is 9.55 Å². The van der Waals surface area contributed by atoms with Gasteiger partial charge in [-0.2, -0.15) is 0 Å². The van der Waals surface area contributed by atoms with Gasteiger partial charge in [-0.15, -0.1) is 0 Å². The van der Waals surface area contributed by atoms with E-state index in [0.717, 1.165) is 28.9 Å². The number of nitrogens with zero attached hydrogens (tertiary/aromatic N) is 2. The molecule has 1 atom stereocenters. The van der Waals surface area contributed by atoms with Crippen molar-refractivity contribution in [2.24, 2.45) is 0 Å². The quantitative estimate of drug-likeness (QED) is 0.442. The summed E-state index contributed by atoms with van der Waals surface area (Å²) in [7, 11) is 0. The minimum absolute atomic E-state index is 0.165. The van der Waals surface area contributed by atoms with E-state index in [1.165, 1.54) is 0 Å². The van der Waals surface area contributed by atoms with Crippen LogP contribution in [0, 0.1) is 0 Å². The maximum atomic E-state index is 12.0. The molecule has 0 radical (unpaired) electrons. The van der Waals surface area contributed by atoms with Crippen LogP contribution in [-0.4, -0.2) is 21.7 Å². The molecule has 0 bridgehead atoms. The van der Waals surface area contributed by atoms with Crippen molar-refractivity contribution in [1.29, 1.82) is 0 Å². The average molecular weight is 401 g/mol. The maximum Gasteiger partial charge on any atom is 0.417 e. The molecular weight excluding hydrogens is 378 g/mol. The number of hydrogen-bond donors (Lipinski definition) is 1. The Labute approximate surface area is 175 Å². The van der Waals surface area contributed by atoms with Gasteiger partial charge >= 0.3 is 6.09 Å². The monoisotopic (exact) mass is 401 g/mol. The van der Waals surface area contributed by atoms with E-state index in [1.807, 2.05) is 72.2 Å².